The van der Waals surface area contributed by atoms with Crippen LogP contribution in [-0.2, 0) is 4.79 Å². The molecular weight excluding hydrogens is 282 g/mol. The molecule has 2 N–H and O–H groups in total. The van der Waals surface area contributed by atoms with Crippen LogP contribution >= 0.6 is 11.6 Å². The van der Waals surface area contributed by atoms with E-state index in [1.807, 2.05) is 0 Å². The summed E-state index contributed by atoms with van der Waals surface area (Å²) in [5.74, 6) is -1.84. The molecule has 0 bridgehead atoms. The third kappa shape index (κ3) is 3.49. The molecule has 1 aromatic heterocycles. The number of benzene rings is 1. The number of hydrogen-bond donors (Lipinski definition) is 2. The second kappa shape index (κ2) is 6.08. The first-order chi connectivity index (χ1) is 9.56. The molecule has 0 aliphatic heterocycles. The molecular formula is C14H10ClNO4. The minimum absolute atomic E-state index is 0.0354. The van der Waals surface area contributed by atoms with Gasteiger partial charge in [0.05, 0.1) is 6.26 Å². The standard InChI is InChI=1S/C14H10ClNO4/c15-10-5-3-9(4-6-10)8-11(14(18)19)16-13(17)12-2-1-7-20-12/h1-8H,(H,16,17)(H,18,19)/b11-8+. The summed E-state index contributed by atoms with van der Waals surface area (Å²) in [4.78, 5) is 22.9. The molecule has 1 amide bonds. The number of carboxylic acids is 1. The molecule has 1 heterocycles. The monoisotopic (exact) mass is 291 g/mol. The second-order valence-corrected chi connectivity index (χ2v) is 4.28. The maximum absolute atomic E-state index is 11.7. The molecule has 0 unspecified atom stereocenters. The van der Waals surface area contributed by atoms with Crippen molar-refractivity contribution in [1.82, 2.24) is 5.32 Å². The number of aliphatic carboxylic acids is 1. The molecule has 2 rings (SSSR count). The van der Waals surface area contributed by atoms with Crippen LogP contribution in [0.1, 0.15) is 16.1 Å². The average Bonchev–Trinajstić information content (AvgIpc) is 2.94. The normalized spacial score (nSPS) is 11.2. The lowest BCUT2D eigenvalue weighted by Crippen LogP contribution is -2.26. The Labute approximate surface area is 119 Å². The fourth-order valence-corrected chi connectivity index (χ4v) is 1.59. The Kier molecular flexibility index (Phi) is 4.22. The zero-order chi connectivity index (χ0) is 14.5. The van der Waals surface area contributed by atoms with Gasteiger partial charge >= 0.3 is 5.97 Å². The van der Waals surface area contributed by atoms with E-state index in [-0.39, 0.29) is 11.5 Å². The maximum Gasteiger partial charge on any atom is 0.352 e. The van der Waals surface area contributed by atoms with E-state index in [0.29, 0.717) is 10.6 Å². The van der Waals surface area contributed by atoms with Gasteiger partial charge in [0.1, 0.15) is 5.70 Å². The van der Waals surface area contributed by atoms with Crippen molar-refractivity contribution in [2.75, 3.05) is 0 Å². The predicted molar refractivity (Wildman–Crippen MR) is 73.2 cm³/mol. The van der Waals surface area contributed by atoms with E-state index in [2.05, 4.69) is 5.32 Å². The van der Waals surface area contributed by atoms with Gasteiger partial charge in [-0.15, -0.1) is 0 Å². The number of amides is 1. The van der Waals surface area contributed by atoms with Crippen LogP contribution in [0.3, 0.4) is 0 Å². The Hall–Kier alpha value is -2.53. The number of carbonyl (C=O) groups excluding carboxylic acids is 1. The SMILES string of the molecule is O=C(O)/C(=C\c1ccc(Cl)cc1)NC(=O)c1ccco1. The minimum atomic E-state index is -1.25. The first-order valence-corrected chi connectivity index (χ1v) is 5.99. The van der Waals surface area contributed by atoms with Gasteiger partial charge in [0.15, 0.2) is 5.76 Å². The maximum atomic E-state index is 11.7. The largest absolute Gasteiger partial charge is 0.477 e. The highest BCUT2D eigenvalue weighted by atomic mass is 35.5. The Morgan fingerprint density at radius 3 is 2.45 bits per heavy atom. The van der Waals surface area contributed by atoms with Gasteiger partial charge in [-0.2, -0.15) is 0 Å². The molecule has 0 aliphatic rings. The summed E-state index contributed by atoms with van der Waals surface area (Å²) in [6, 6.07) is 9.52. The number of halogens is 1. The minimum Gasteiger partial charge on any atom is -0.477 e. The highest BCUT2D eigenvalue weighted by molar-refractivity contribution is 6.30. The molecule has 102 valence electrons. The summed E-state index contributed by atoms with van der Waals surface area (Å²) >= 11 is 5.74. The lowest BCUT2D eigenvalue weighted by atomic mass is 10.2. The van der Waals surface area contributed by atoms with Crippen molar-refractivity contribution in [2.45, 2.75) is 0 Å². The molecule has 0 aliphatic carbocycles. The van der Waals surface area contributed by atoms with Crippen molar-refractivity contribution in [3.8, 4) is 0 Å². The van der Waals surface area contributed by atoms with Crippen LogP contribution in [0.4, 0.5) is 0 Å². The number of rotatable bonds is 4. The fourth-order valence-electron chi connectivity index (χ4n) is 1.47. The molecule has 0 saturated heterocycles. The first-order valence-electron chi connectivity index (χ1n) is 5.61. The summed E-state index contributed by atoms with van der Waals surface area (Å²) in [5, 5.41) is 11.9. The lowest BCUT2D eigenvalue weighted by molar-refractivity contribution is -0.132. The zero-order valence-corrected chi connectivity index (χ0v) is 10.9. The topological polar surface area (TPSA) is 79.5 Å². The number of hydrogen-bond acceptors (Lipinski definition) is 3. The number of nitrogens with one attached hydrogen (secondary N) is 1. The molecule has 2 aromatic rings. The highest BCUT2D eigenvalue weighted by Crippen LogP contribution is 2.12. The van der Waals surface area contributed by atoms with Gasteiger partial charge in [0.2, 0.25) is 0 Å². The van der Waals surface area contributed by atoms with E-state index in [4.69, 9.17) is 21.1 Å². The van der Waals surface area contributed by atoms with Crippen LogP contribution in [0.5, 0.6) is 0 Å². The molecule has 0 radical (unpaired) electrons. The summed E-state index contributed by atoms with van der Waals surface area (Å²) in [6.45, 7) is 0. The second-order valence-electron chi connectivity index (χ2n) is 3.85. The molecule has 0 saturated carbocycles. The third-order valence-electron chi connectivity index (χ3n) is 2.40. The molecule has 0 atom stereocenters. The van der Waals surface area contributed by atoms with Crippen LogP contribution in [-0.4, -0.2) is 17.0 Å². The summed E-state index contributed by atoms with van der Waals surface area (Å²) in [6.07, 6.45) is 2.66. The Morgan fingerprint density at radius 1 is 1.20 bits per heavy atom. The van der Waals surface area contributed by atoms with Crippen LogP contribution in [0.15, 0.2) is 52.8 Å². The quantitative estimate of drug-likeness (QED) is 0.849. The summed E-state index contributed by atoms with van der Waals surface area (Å²) in [7, 11) is 0. The van der Waals surface area contributed by atoms with Crippen molar-refractivity contribution in [3.05, 3.63) is 64.7 Å². The lowest BCUT2D eigenvalue weighted by Gasteiger charge is -2.04. The molecule has 20 heavy (non-hydrogen) atoms. The Balaban J connectivity index is 2.21. The molecule has 5 nitrogen and oxygen atoms in total. The number of carboxylic acid groups (broad SMARTS) is 1. The van der Waals surface area contributed by atoms with Gasteiger partial charge in [-0.1, -0.05) is 23.7 Å². The van der Waals surface area contributed by atoms with Crippen LogP contribution in [0.25, 0.3) is 6.08 Å². The average molecular weight is 292 g/mol. The van der Waals surface area contributed by atoms with Gasteiger partial charge in [-0.3, -0.25) is 4.79 Å². The van der Waals surface area contributed by atoms with Crippen LogP contribution < -0.4 is 5.32 Å². The van der Waals surface area contributed by atoms with E-state index in [1.165, 1.54) is 24.5 Å². The van der Waals surface area contributed by atoms with Crippen molar-refractivity contribution in [1.29, 1.82) is 0 Å². The van der Waals surface area contributed by atoms with Crippen LogP contribution in [0.2, 0.25) is 5.02 Å². The van der Waals surface area contributed by atoms with Crippen molar-refractivity contribution in [2.24, 2.45) is 0 Å². The number of furan rings is 1. The molecule has 0 spiro atoms. The fraction of sp³-hybridized carbons (Fsp3) is 0. The smallest absolute Gasteiger partial charge is 0.352 e. The van der Waals surface area contributed by atoms with Crippen molar-refractivity contribution >= 4 is 29.6 Å². The summed E-state index contributed by atoms with van der Waals surface area (Å²) < 4.78 is 4.89. The number of carbonyl (C=O) groups is 2. The van der Waals surface area contributed by atoms with Gasteiger partial charge in [0.25, 0.3) is 5.91 Å². The first kappa shape index (κ1) is 13.9. The van der Waals surface area contributed by atoms with Gasteiger partial charge in [-0.25, -0.2) is 4.79 Å². The van der Waals surface area contributed by atoms with Crippen LogP contribution in [0, 0.1) is 0 Å². The Morgan fingerprint density at radius 2 is 1.90 bits per heavy atom. The van der Waals surface area contributed by atoms with Gasteiger partial charge < -0.3 is 14.8 Å². The molecule has 1 aromatic carbocycles. The van der Waals surface area contributed by atoms with E-state index in [1.54, 1.807) is 24.3 Å². The van der Waals surface area contributed by atoms with Crippen molar-refractivity contribution < 1.29 is 19.1 Å². The van der Waals surface area contributed by atoms with E-state index >= 15 is 0 Å². The predicted octanol–water partition coefficient (Wildman–Crippen LogP) is 2.79. The third-order valence-corrected chi connectivity index (χ3v) is 2.66. The van der Waals surface area contributed by atoms with Crippen molar-refractivity contribution in [3.63, 3.8) is 0 Å². The summed E-state index contributed by atoms with van der Waals surface area (Å²) in [5.41, 5.74) is 0.347. The highest BCUT2D eigenvalue weighted by Gasteiger charge is 2.15. The molecule has 6 heteroatoms. The van der Waals surface area contributed by atoms with Gasteiger partial charge in [0, 0.05) is 5.02 Å². The van der Waals surface area contributed by atoms with E-state index < -0.39 is 11.9 Å². The Bertz CT molecular complexity index is 644. The van der Waals surface area contributed by atoms with E-state index in [9.17, 15) is 9.59 Å². The van der Waals surface area contributed by atoms with Gasteiger partial charge in [-0.05, 0) is 35.9 Å². The zero-order valence-electron chi connectivity index (χ0n) is 10.2. The van der Waals surface area contributed by atoms with E-state index in [0.717, 1.165) is 0 Å². The molecule has 0 fully saturated rings.